The molecular weight excluding hydrogens is 455 g/mol. The number of hydrogen-bond donors (Lipinski definition) is 1. The van der Waals surface area contributed by atoms with Crippen molar-refractivity contribution in [3.8, 4) is 5.69 Å². The van der Waals surface area contributed by atoms with Crippen molar-refractivity contribution in [2.75, 3.05) is 13.1 Å². The average Bonchev–Trinajstić information content (AvgIpc) is 2.84. The molecule has 0 aliphatic carbocycles. The first-order valence-electron chi connectivity index (χ1n) is 11.0. The van der Waals surface area contributed by atoms with Crippen molar-refractivity contribution < 1.29 is 9.50 Å². The molecule has 174 valence electrons. The van der Waals surface area contributed by atoms with E-state index in [4.69, 9.17) is 11.6 Å². The zero-order chi connectivity index (χ0) is 24.2. The van der Waals surface area contributed by atoms with Crippen molar-refractivity contribution in [3.63, 3.8) is 0 Å². The largest absolute Gasteiger partial charge is 0.506 e. The average molecular weight is 479 g/mol. The number of aliphatic hydroxyl groups is 1. The van der Waals surface area contributed by atoms with Crippen LogP contribution in [0.5, 0.6) is 0 Å². The van der Waals surface area contributed by atoms with Gasteiger partial charge in [0.05, 0.1) is 21.6 Å². The monoisotopic (exact) mass is 478 g/mol. The number of para-hydroxylation sites is 1. The van der Waals surface area contributed by atoms with E-state index >= 15 is 0 Å². The molecule has 8 heteroatoms. The van der Waals surface area contributed by atoms with Crippen LogP contribution in [0, 0.1) is 5.82 Å². The molecule has 0 radical (unpaired) electrons. The Bertz CT molecular complexity index is 1430. The van der Waals surface area contributed by atoms with E-state index in [9.17, 15) is 14.3 Å². The number of fused-ring (bicyclic) bond motifs is 1. The lowest BCUT2D eigenvalue weighted by atomic mass is 10.1. The molecular formula is C26H24ClFN4O2. The standard InChI is InChI=1S/C26H24ClFN4O2/c1-3-31(4-2)16-17-8-7-13-29-25(17)23(33)15-24-30-21-12-11-18(28)14-19(21)26(34)32(24)22-10-6-5-9-20(22)27/h5-15,33H,3-4,16H2,1-2H3/b23-15-. The van der Waals surface area contributed by atoms with Crippen molar-refractivity contribution >= 4 is 34.3 Å². The minimum absolute atomic E-state index is 0.108. The van der Waals surface area contributed by atoms with Gasteiger partial charge in [-0.3, -0.25) is 19.2 Å². The molecule has 0 unspecified atom stereocenters. The van der Waals surface area contributed by atoms with E-state index in [-0.39, 0.29) is 17.0 Å². The van der Waals surface area contributed by atoms with Gasteiger partial charge in [-0.1, -0.05) is 43.6 Å². The molecule has 2 aromatic heterocycles. The topological polar surface area (TPSA) is 71.2 Å². The fourth-order valence-corrected chi connectivity index (χ4v) is 4.03. The van der Waals surface area contributed by atoms with Gasteiger partial charge in [0.25, 0.3) is 5.56 Å². The summed E-state index contributed by atoms with van der Waals surface area (Å²) in [6.45, 7) is 6.45. The number of aliphatic hydroxyl groups excluding tert-OH is 1. The van der Waals surface area contributed by atoms with Crippen LogP contribution >= 0.6 is 11.6 Å². The smallest absolute Gasteiger partial charge is 0.266 e. The molecule has 4 rings (SSSR count). The Morgan fingerprint density at radius 2 is 1.91 bits per heavy atom. The first-order chi connectivity index (χ1) is 16.4. The summed E-state index contributed by atoms with van der Waals surface area (Å²) in [5.41, 5.74) is 1.42. The summed E-state index contributed by atoms with van der Waals surface area (Å²) in [6.07, 6.45) is 2.99. The lowest BCUT2D eigenvalue weighted by molar-refractivity contribution is 0.295. The Kier molecular flexibility index (Phi) is 7.05. The van der Waals surface area contributed by atoms with Gasteiger partial charge in [-0.25, -0.2) is 9.37 Å². The van der Waals surface area contributed by atoms with E-state index in [1.807, 2.05) is 12.1 Å². The van der Waals surface area contributed by atoms with Crippen molar-refractivity contribution in [3.05, 3.63) is 99.1 Å². The molecule has 0 atom stereocenters. The number of rotatable bonds is 7. The van der Waals surface area contributed by atoms with E-state index in [0.29, 0.717) is 28.5 Å². The van der Waals surface area contributed by atoms with E-state index in [2.05, 4.69) is 28.7 Å². The quantitative estimate of drug-likeness (QED) is 0.356. The van der Waals surface area contributed by atoms with E-state index in [1.165, 1.54) is 22.8 Å². The second-order valence-electron chi connectivity index (χ2n) is 7.73. The van der Waals surface area contributed by atoms with Crippen molar-refractivity contribution in [2.24, 2.45) is 0 Å². The van der Waals surface area contributed by atoms with Crippen LogP contribution in [0.15, 0.2) is 65.6 Å². The van der Waals surface area contributed by atoms with Gasteiger partial charge >= 0.3 is 0 Å². The van der Waals surface area contributed by atoms with Crippen LogP contribution < -0.4 is 5.56 Å². The molecule has 0 aliphatic heterocycles. The van der Waals surface area contributed by atoms with Crippen LogP contribution in [0.4, 0.5) is 4.39 Å². The van der Waals surface area contributed by atoms with Gasteiger partial charge in [0.15, 0.2) is 0 Å². The zero-order valence-electron chi connectivity index (χ0n) is 18.9. The lowest BCUT2D eigenvalue weighted by Crippen LogP contribution is -2.23. The summed E-state index contributed by atoms with van der Waals surface area (Å²) >= 11 is 6.39. The SMILES string of the molecule is CCN(CC)Cc1cccnc1/C(O)=C/c1nc2ccc(F)cc2c(=O)n1-c1ccccc1Cl. The van der Waals surface area contributed by atoms with Gasteiger partial charge in [-0.15, -0.1) is 0 Å². The van der Waals surface area contributed by atoms with E-state index in [1.54, 1.807) is 30.5 Å². The molecule has 0 bridgehead atoms. The van der Waals surface area contributed by atoms with Gasteiger partial charge in [-0.2, -0.15) is 0 Å². The highest BCUT2D eigenvalue weighted by atomic mass is 35.5. The van der Waals surface area contributed by atoms with Gasteiger partial charge in [0, 0.05) is 18.8 Å². The molecule has 2 aromatic carbocycles. The Labute approximate surface area is 201 Å². The molecule has 0 saturated carbocycles. The number of aromatic nitrogens is 3. The third-order valence-corrected chi connectivity index (χ3v) is 5.96. The third-order valence-electron chi connectivity index (χ3n) is 5.64. The van der Waals surface area contributed by atoms with Gasteiger partial charge < -0.3 is 5.11 Å². The summed E-state index contributed by atoms with van der Waals surface area (Å²) < 4.78 is 15.2. The predicted octanol–water partition coefficient (Wildman–Crippen LogP) is 5.47. The summed E-state index contributed by atoms with van der Waals surface area (Å²) in [7, 11) is 0. The molecule has 34 heavy (non-hydrogen) atoms. The zero-order valence-corrected chi connectivity index (χ0v) is 19.6. The molecule has 1 N–H and O–H groups in total. The highest BCUT2D eigenvalue weighted by Crippen LogP contribution is 2.24. The Hall–Kier alpha value is -3.55. The first-order valence-corrected chi connectivity index (χ1v) is 11.3. The number of nitrogens with zero attached hydrogens (tertiary/aromatic N) is 4. The lowest BCUT2D eigenvalue weighted by Gasteiger charge is -2.19. The molecule has 0 fully saturated rings. The highest BCUT2D eigenvalue weighted by molar-refractivity contribution is 6.32. The second kappa shape index (κ2) is 10.2. The third kappa shape index (κ3) is 4.71. The molecule has 0 amide bonds. The molecule has 2 heterocycles. The Balaban J connectivity index is 1.93. The summed E-state index contributed by atoms with van der Waals surface area (Å²) in [4.78, 5) is 24.6. The Morgan fingerprint density at radius 1 is 1.15 bits per heavy atom. The Morgan fingerprint density at radius 3 is 2.65 bits per heavy atom. The molecule has 6 nitrogen and oxygen atoms in total. The van der Waals surface area contributed by atoms with Crippen LogP contribution in [-0.4, -0.2) is 37.6 Å². The molecule has 4 aromatic rings. The molecule has 0 saturated heterocycles. The van der Waals surface area contributed by atoms with Gasteiger partial charge in [0.2, 0.25) is 0 Å². The minimum atomic E-state index is -0.544. The van der Waals surface area contributed by atoms with Crippen molar-refractivity contribution in [1.82, 2.24) is 19.4 Å². The van der Waals surface area contributed by atoms with E-state index < -0.39 is 11.4 Å². The van der Waals surface area contributed by atoms with Crippen molar-refractivity contribution in [1.29, 1.82) is 0 Å². The van der Waals surface area contributed by atoms with Crippen molar-refractivity contribution in [2.45, 2.75) is 20.4 Å². The summed E-state index contributed by atoms with van der Waals surface area (Å²) in [5, 5.41) is 11.5. The highest BCUT2D eigenvalue weighted by Gasteiger charge is 2.17. The maximum Gasteiger partial charge on any atom is 0.266 e. The van der Waals surface area contributed by atoms with Crippen LogP contribution in [0.1, 0.15) is 30.9 Å². The maximum atomic E-state index is 13.9. The predicted molar refractivity (Wildman–Crippen MR) is 134 cm³/mol. The number of halogens is 2. The number of hydrogen-bond acceptors (Lipinski definition) is 5. The van der Waals surface area contributed by atoms with Crippen LogP contribution in [-0.2, 0) is 6.54 Å². The fourth-order valence-electron chi connectivity index (χ4n) is 3.81. The van der Waals surface area contributed by atoms with Crippen LogP contribution in [0.25, 0.3) is 28.4 Å². The first kappa shape index (κ1) is 23.6. The number of benzene rings is 2. The number of pyridine rings is 1. The summed E-state index contributed by atoms with van der Waals surface area (Å²) in [6, 6.07) is 14.3. The fraction of sp³-hybridized carbons (Fsp3) is 0.192. The minimum Gasteiger partial charge on any atom is -0.506 e. The van der Waals surface area contributed by atoms with Crippen LogP contribution in [0.2, 0.25) is 5.02 Å². The molecule has 0 aliphatic rings. The normalized spacial score (nSPS) is 12.0. The maximum absolute atomic E-state index is 13.9. The summed E-state index contributed by atoms with van der Waals surface area (Å²) in [5.74, 6) is -0.538. The van der Waals surface area contributed by atoms with Gasteiger partial charge in [0.1, 0.15) is 23.1 Å². The van der Waals surface area contributed by atoms with Gasteiger partial charge in [-0.05, 0) is 55.1 Å². The second-order valence-corrected chi connectivity index (χ2v) is 8.13. The van der Waals surface area contributed by atoms with E-state index in [0.717, 1.165) is 24.7 Å². The van der Waals surface area contributed by atoms with Crippen LogP contribution in [0.3, 0.4) is 0 Å². The molecule has 0 spiro atoms.